The monoisotopic (exact) mass is 264 g/mol. The molecule has 2 atom stereocenters. The third-order valence-electron chi connectivity index (χ3n) is 3.62. The second-order valence-electron chi connectivity index (χ2n) is 5.51. The van der Waals surface area contributed by atoms with Gasteiger partial charge < -0.3 is 10.2 Å². The molecule has 1 aliphatic rings. The van der Waals surface area contributed by atoms with Gasteiger partial charge in [0.05, 0.1) is 0 Å². The molecule has 19 heavy (non-hydrogen) atoms. The highest BCUT2D eigenvalue weighted by Gasteiger charge is 2.30. The molecule has 4 heteroatoms. The number of carbonyl (C=O) groups is 1. The van der Waals surface area contributed by atoms with E-state index in [1.165, 1.54) is 12.1 Å². The SMILES string of the molecule is CC(C)C(=O)N1CC(c2ccc(F)cc2)NC[C@@H]1C. The van der Waals surface area contributed by atoms with Gasteiger partial charge in [0.15, 0.2) is 0 Å². The van der Waals surface area contributed by atoms with Crippen molar-refractivity contribution in [2.75, 3.05) is 13.1 Å². The minimum absolute atomic E-state index is 0.00872. The van der Waals surface area contributed by atoms with Crippen LogP contribution < -0.4 is 5.32 Å². The first-order chi connectivity index (χ1) is 8.99. The van der Waals surface area contributed by atoms with Crippen molar-refractivity contribution in [2.45, 2.75) is 32.9 Å². The number of nitrogens with one attached hydrogen (secondary N) is 1. The number of rotatable bonds is 2. The van der Waals surface area contributed by atoms with E-state index in [2.05, 4.69) is 5.32 Å². The number of hydrogen-bond donors (Lipinski definition) is 1. The first-order valence-corrected chi connectivity index (χ1v) is 6.78. The van der Waals surface area contributed by atoms with Crippen molar-refractivity contribution in [1.29, 1.82) is 0 Å². The predicted molar refractivity (Wildman–Crippen MR) is 73.2 cm³/mol. The van der Waals surface area contributed by atoms with E-state index in [-0.39, 0.29) is 29.7 Å². The molecule has 0 spiro atoms. The Balaban J connectivity index is 2.12. The summed E-state index contributed by atoms with van der Waals surface area (Å²) in [6.07, 6.45) is 0. The predicted octanol–water partition coefficient (Wildman–Crippen LogP) is 2.34. The second-order valence-corrected chi connectivity index (χ2v) is 5.51. The summed E-state index contributed by atoms with van der Waals surface area (Å²) < 4.78 is 12.9. The Kier molecular flexibility index (Phi) is 4.20. The average molecular weight is 264 g/mol. The van der Waals surface area contributed by atoms with Crippen molar-refractivity contribution in [1.82, 2.24) is 10.2 Å². The van der Waals surface area contributed by atoms with Crippen LogP contribution in [0.1, 0.15) is 32.4 Å². The van der Waals surface area contributed by atoms with Crippen LogP contribution in [0.25, 0.3) is 0 Å². The molecule has 0 aromatic heterocycles. The van der Waals surface area contributed by atoms with Crippen molar-refractivity contribution in [3.05, 3.63) is 35.6 Å². The molecule has 1 aromatic carbocycles. The average Bonchev–Trinajstić information content (AvgIpc) is 2.39. The normalized spacial score (nSPS) is 23.7. The van der Waals surface area contributed by atoms with E-state index in [1.54, 1.807) is 12.1 Å². The molecule has 1 heterocycles. The highest BCUT2D eigenvalue weighted by Crippen LogP contribution is 2.21. The van der Waals surface area contributed by atoms with Crippen molar-refractivity contribution in [3.63, 3.8) is 0 Å². The van der Waals surface area contributed by atoms with Gasteiger partial charge in [0, 0.05) is 31.1 Å². The zero-order valence-corrected chi connectivity index (χ0v) is 11.7. The Hall–Kier alpha value is -1.42. The molecule has 1 saturated heterocycles. The maximum Gasteiger partial charge on any atom is 0.225 e. The lowest BCUT2D eigenvalue weighted by atomic mass is 10.0. The number of benzene rings is 1. The molecule has 104 valence electrons. The smallest absolute Gasteiger partial charge is 0.225 e. The van der Waals surface area contributed by atoms with Crippen molar-refractivity contribution < 1.29 is 9.18 Å². The number of nitrogens with zero attached hydrogens (tertiary/aromatic N) is 1. The molecule has 1 aliphatic heterocycles. The molecule has 0 radical (unpaired) electrons. The topological polar surface area (TPSA) is 32.3 Å². The zero-order chi connectivity index (χ0) is 14.0. The lowest BCUT2D eigenvalue weighted by Crippen LogP contribution is -2.54. The summed E-state index contributed by atoms with van der Waals surface area (Å²) in [5.74, 6) is -0.0430. The molecule has 0 aliphatic carbocycles. The molecule has 0 bridgehead atoms. The van der Waals surface area contributed by atoms with E-state index >= 15 is 0 Å². The van der Waals surface area contributed by atoms with E-state index in [0.717, 1.165) is 12.1 Å². The van der Waals surface area contributed by atoms with E-state index in [0.29, 0.717) is 6.54 Å². The van der Waals surface area contributed by atoms with Crippen molar-refractivity contribution >= 4 is 5.91 Å². The van der Waals surface area contributed by atoms with Crippen LogP contribution in [0.2, 0.25) is 0 Å². The number of piperazine rings is 1. The number of hydrogen-bond acceptors (Lipinski definition) is 2. The van der Waals surface area contributed by atoms with Gasteiger partial charge in [0.2, 0.25) is 5.91 Å². The van der Waals surface area contributed by atoms with E-state index in [4.69, 9.17) is 0 Å². The fourth-order valence-electron chi connectivity index (χ4n) is 2.42. The lowest BCUT2D eigenvalue weighted by molar-refractivity contribution is -0.138. The Morgan fingerprint density at radius 2 is 2.00 bits per heavy atom. The lowest BCUT2D eigenvalue weighted by Gasteiger charge is -2.40. The summed E-state index contributed by atoms with van der Waals surface area (Å²) in [6.45, 7) is 7.30. The van der Waals surface area contributed by atoms with Crippen molar-refractivity contribution in [3.8, 4) is 0 Å². The molecule has 3 nitrogen and oxygen atoms in total. The summed E-state index contributed by atoms with van der Waals surface area (Å²) in [7, 11) is 0. The zero-order valence-electron chi connectivity index (χ0n) is 11.7. The Morgan fingerprint density at radius 1 is 1.37 bits per heavy atom. The Labute approximate surface area is 113 Å². The molecule has 1 N–H and O–H groups in total. The van der Waals surface area contributed by atoms with E-state index < -0.39 is 0 Å². The Morgan fingerprint density at radius 3 is 2.58 bits per heavy atom. The van der Waals surface area contributed by atoms with Crippen molar-refractivity contribution in [2.24, 2.45) is 5.92 Å². The summed E-state index contributed by atoms with van der Waals surface area (Å²) in [5.41, 5.74) is 1.02. The number of carbonyl (C=O) groups excluding carboxylic acids is 1. The maximum absolute atomic E-state index is 12.9. The van der Waals surface area contributed by atoms with E-state index in [9.17, 15) is 9.18 Å². The minimum atomic E-state index is -0.233. The van der Waals surface area contributed by atoms with Gasteiger partial charge in [-0.2, -0.15) is 0 Å². The first-order valence-electron chi connectivity index (χ1n) is 6.78. The largest absolute Gasteiger partial charge is 0.337 e. The van der Waals surface area contributed by atoms with Crippen LogP contribution >= 0.6 is 0 Å². The van der Waals surface area contributed by atoms with Crippen LogP contribution in [0, 0.1) is 11.7 Å². The third-order valence-corrected chi connectivity index (χ3v) is 3.62. The van der Waals surface area contributed by atoms with Gasteiger partial charge in [0.1, 0.15) is 5.82 Å². The van der Waals surface area contributed by atoms with Crippen LogP contribution in [0.15, 0.2) is 24.3 Å². The van der Waals surface area contributed by atoms with Gasteiger partial charge in [0.25, 0.3) is 0 Å². The quantitative estimate of drug-likeness (QED) is 0.889. The number of halogens is 1. The molecule has 1 amide bonds. The molecular formula is C15H21FN2O. The second kappa shape index (κ2) is 5.70. The summed E-state index contributed by atoms with van der Waals surface area (Å²) in [4.78, 5) is 14.1. The number of amides is 1. The molecule has 1 unspecified atom stereocenters. The fourth-order valence-corrected chi connectivity index (χ4v) is 2.42. The first kappa shape index (κ1) is 14.0. The molecule has 0 saturated carbocycles. The highest BCUT2D eigenvalue weighted by atomic mass is 19.1. The fraction of sp³-hybridized carbons (Fsp3) is 0.533. The van der Waals surface area contributed by atoms with Gasteiger partial charge >= 0.3 is 0 Å². The standard InChI is InChI=1S/C15H21FN2O/c1-10(2)15(19)18-9-14(17-8-11(18)3)12-4-6-13(16)7-5-12/h4-7,10-11,14,17H,8-9H2,1-3H3/t11-,14?/m0/s1. The third kappa shape index (κ3) is 3.13. The van der Waals surface area contributed by atoms with E-state index in [1.807, 2.05) is 25.7 Å². The van der Waals surface area contributed by atoms with Gasteiger partial charge in [-0.05, 0) is 24.6 Å². The van der Waals surface area contributed by atoms with Crippen LogP contribution in [0.3, 0.4) is 0 Å². The molecule has 1 aromatic rings. The highest BCUT2D eigenvalue weighted by molar-refractivity contribution is 5.78. The Bertz CT molecular complexity index is 444. The maximum atomic E-state index is 12.9. The summed E-state index contributed by atoms with van der Waals surface area (Å²) in [6, 6.07) is 6.76. The van der Waals surface area contributed by atoms with Gasteiger partial charge in [-0.1, -0.05) is 26.0 Å². The summed E-state index contributed by atoms with van der Waals surface area (Å²) >= 11 is 0. The molecular weight excluding hydrogens is 243 g/mol. The van der Waals surface area contributed by atoms with Crippen LogP contribution in [0.4, 0.5) is 4.39 Å². The van der Waals surface area contributed by atoms with Crippen LogP contribution in [-0.4, -0.2) is 29.9 Å². The van der Waals surface area contributed by atoms with Gasteiger partial charge in [-0.15, -0.1) is 0 Å². The van der Waals surface area contributed by atoms with Gasteiger partial charge in [-0.3, -0.25) is 4.79 Å². The van der Waals surface area contributed by atoms with Crippen LogP contribution in [0.5, 0.6) is 0 Å². The summed E-state index contributed by atoms with van der Waals surface area (Å²) in [5, 5.41) is 3.41. The molecule has 1 fully saturated rings. The molecule has 2 rings (SSSR count). The van der Waals surface area contributed by atoms with Gasteiger partial charge in [-0.25, -0.2) is 4.39 Å². The van der Waals surface area contributed by atoms with Crippen LogP contribution in [-0.2, 0) is 4.79 Å². The minimum Gasteiger partial charge on any atom is -0.337 e.